The summed E-state index contributed by atoms with van der Waals surface area (Å²) in [5.74, 6) is -1.03. The standard InChI is InChI=1S/C13H11F2N5/c1-20-13(16)11(9-3-2-8(14)4-10(9)15)12(19-20)7-5-17-18-6-7/h2-6H,16H2,1H3,(H,17,18). The summed E-state index contributed by atoms with van der Waals surface area (Å²) < 4.78 is 28.5. The fraction of sp³-hybridized carbons (Fsp3) is 0.0769. The molecule has 0 bridgehead atoms. The minimum Gasteiger partial charge on any atom is -0.383 e. The highest BCUT2D eigenvalue weighted by Crippen LogP contribution is 2.36. The number of anilines is 1. The molecular formula is C13H11F2N5. The van der Waals surface area contributed by atoms with E-state index in [1.54, 1.807) is 19.4 Å². The number of nitrogens with two attached hydrogens (primary N) is 1. The number of nitrogens with zero attached hydrogens (tertiary/aromatic N) is 3. The van der Waals surface area contributed by atoms with Gasteiger partial charge in [-0.05, 0) is 12.1 Å². The van der Waals surface area contributed by atoms with Crippen LogP contribution in [0.5, 0.6) is 0 Å². The van der Waals surface area contributed by atoms with Crippen molar-refractivity contribution in [3.63, 3.8) is 0 Å². The lowest BCUT2D eigenvalue weighted by Gasteiger charge is -2.05. The van der Waals surface area contributed by atoms with E-state index in [0.717, 1.165) is 6.07 Å². The smallest absolute Gasteiger partial charge is 0.134 e. The lowest BCUT2D eigenvalue weighted by Crippen LogP contribution is -1.98. The van der Waals surface area contributed by atoms with E-state index in [2.05, 4.69) is 15.3 Å². The van der Waals surface area contributed by atoms with E-state index in [-0.39, 0.29) is 5.56 Å². The summed E-state index contributed by atoms with van der Waals surface area (Å²) in [4.78, 5) is 0. The van der Waals surface area contributed by atoms with Crippen LogP contribution in [0.15, 0.2) is 30.6 Å². The fourth-order valence-electron chi connectivity index (χ4n) is 2.08. The van der Waals surface area contributed by atoms with E-state index in [1.165, 1.54) is 16.8 Å². The summed E-state index contributed by atoms with van der Waals surface area (Å²) in [6, 6.07) is 3.35. The van der Waals surface area contributed by atoms with Gasteiger partial charge in [0.05, 0.1) is 11.8 Å². The first-order chi connectivity index (χ1) is 9.58. The van der Waals surface area contributed by atoms with Crippen LogP contribution in [0.1, 0.15) is 0 Å². The molecule has 0 saturated carbocycles. The van der Waals surface area contributed by atoms with Crippen molar-refractivity contribution in [2.45, 2.75) is 0 Å². The average molecular weight is 275 g/mol. The van der Waals surface area contributed by atoms with Crippen LogP contribution in [-0.4, -0.2) is 20.0 Å². The molecule has 0 amide bonds. The zero-order valence-electron chi connectivity index (χ0n) is 10.6. The summed E-state index contributed by atoms with van der Waals surface area (Å²) >= 11 is 0. The Balaban J connectivity index is 2.28. The van der Waals surface area contributed by atoms with Gasteiger partial charge in [0, 0.05) is 30.4 Å². The van der Waals surface area contributed by atoms with Crippen LogP contribution in [0.25, 0.3) is 22.4 Å². The van der Waals surface area contributed by atoms with Gasteiger partial charge in [-0.15, -0.1) is 0 Å². The Morgan fingerprint density at radius 1 is 1.30 bits per heavy atom. The van der Waals surface area contributed by atoms with Crippen molar-refractivity contribution in [3.8, 4) is 22.4 Å². The zero-order valence-corrected chi connectivity index (χ0v) is 10.6. The number of H-pyrrole nitrogens is 1. The summed E-state index contributed by atoms with van der Waals surface area (Å²) in [6.07, 6.45) is 3.19. The molecule has 0 aliphatic carbocycles. The highest BCUT2D eigenvalue weighted by atomic mass is 19.1. The topological polar surface area (TPSA) is 72.5 Å². The minimum atomic E-state index is -0.686. The lowest BCUT2D eigenvalue weighted by molar-refractivity contribution is 0.585. The maximum Gasteiger partial charge on any atom is 0.134 e. The number of nitrogens with one attached hydrogen (secondary N) is 1. The summed E-state index contributed by atoms with van der Waals surface area (Å²) in [5.41, 5.74) is 7.75. The second-order valence-electron chi connectivity index (χ2n) is 4.34. The van der Waals surface area contributed by atoms with Gasteiger partial charge in [0.25, 0.3) is 0 Å². The number of aryl methyl sites for hydroxylation is 1. The molecule has 0 unspecified atom stereocenters. The van der Waals surface area contributed by atoms with Gasteiger partial charge in [-0.2, -0.15) is 10.2 Å². The third-order valence-corrected chi connectivity index (χ3v) is 3.06. The van der Waals surface area contributed by atoms with Gasteiger partial charge in [-0.25, -0.2) is 8.78 Å². The molecule has 0 saturated heterocycles. The quantitative estimate of drug-likeness (QED) is 0.754. The molecule has 0 fully saturated rings. The summed E-state index contributed by atoms with van der Waals surface area (Å²) in [5, 5.41) is 10.8. The molecule has 0 atom stereocenters. The molecule has 3 aromatic rings. The van der Waals surface area contributed by atoms with Crippen LogP contribution in [0.3, 0.4) is 0 Å². The van der Waals surface area contributed by atoms with E-state index >= 15 is 0 Å². The number of hydrogen-bond donors (Lipinski definition) is 2. The molecule has 102 valence electrons. The van der Waals surface area contributed by atoms with Crippen molar-refractivity contribution < 1.29 is 8.78 Å². The number of nitrogen functional groups attached to an aromatic ring is 1. The number of aromatic amines is 1. The predicted octanol–water partition coefficient (Wildman–Crippen LogP) is 2.34. The second-order valence-corrected chi connectivity index (χ2v) is 4.34. The Labute approximate surface area is 113 Å². The molecule has 3 N–H and O–H groups in total. The fourth-order valence-corrected chi connectivity index (χ4v) is 2.08. The van der Waals surface area contributed by atoms with Crippen LogP contribution < -0.4 is 5.73 Å². The van der Waals surface area contributed by atoms with E-state index in [1.807, 2.05) is 0 Å². The molecule has 0 aliphatic rings. The maximum atomic E-state index is 14.0. The highest BCUT2D eigenvalue weighted by molar-refractivity contribution is 5.87. The van der Waals surface area contributed by atoms with E-state index < -0.39 is 11.6 Å². The Morgan fingerprint density at radius 2 is 2.10 bits per heavy atom. The molecule has 0 aliphatic heterocycles. The van der Waals surface area contributed by atoms with Crippen molar-refractivity contribution >= 4 is 5.82 Å². The molecule has 1 aromatic carbocycles. The van der Waals surface area contributed by atoms with Crippen molar-refractivity contribution in [1.82, 2.24) is 20.0 Å². The Hall–Kier alpha value is -2.70. The maximum absolute atomic E-state index is 14.0. The molecule has 2 aromatic heterocycles. The van der Waals surface area contributed by atoms with Gasteiger partial charge in [0.15, 0.2) is 0 Å². The van der Waals surface area contributed by atoms with Gasteiger partial charge >= 0.3 is 0 Å². The largest absolute Gasteiger partial charge is 0.383 e. The lowest BCUT2D eigenvalue weighted by atomic mass is 10.0. The SMILES string of the molecule is Cn1nc(-c2cn[nH]c2)c(-c2ccc(F)cc2F)c1N. The summed E-state index contributed by atoms with van der Waals surface area (Å²) in [7, 11) is 1.66. The van der Waals surface area contributed by atoms with Gasteiger partial charge in [0.1, 0.15) is 23.1 Å². The first-order valence-corrected chi connectivity index (χ1v) is 5.85. The average Bonchev–Trinajstić information content (AvgIpc) is 3.01. The van der Waals surface area contributed by atoms with Crippen molar-refractivity contribution in [2.24, 2.45) is 7.05 Å². The minimum absolute atomic E-state index is 0.202. The predicted molar refractivity (Wildman–Crippen MR) is 70.6 cm³/mol. The number of aromatic nitrogens is 4. The number of rotatable bonds is 2. The van der Waals surface area contributed by atoms with Crippen LogP contribution in [0, 0.1) is 11.6 Å². The second kappa shape index (κ2) is 4.44. The Morgan fingerprint density at radius 3 is 2.75 bits per heavy atom. The van der Waals surface area contributed by atoms with Crippen LogP contribution in [0.4, 0.5) is 14.6 Å². The highest BCUT2D eigenvalue weighted by Gasteiger charge is 2.20. The van der Waals surface area contributed by atoms with Crippen LogP contribution in [-0.2, 0) is 7.05 Å². The Kier molecular flexibility index (Phi) is 2.74. The van der Waals surface area contributed by atoms with Gasteiger partial charge in [-0.1, -0.05) is 0 Å². The molecule has 5 nitrogen and oxygen atoms in total. The molecular weight excluding hydrogens is 264 g/mol. The normalized spacial score (nSPS) is 10.9. The molecule has 3 rings (SSSR count). The molecule has 20 heavy (non-hydrogen) atoms. The number of benzene rings is 1. The molecule has 0 spiro atoms. The molecule has 0 radical (unpaired) electrons. The van der Waals surface area contributed by atoms with Crippen LogP contribution >= 0.6 is 0 Å². The summed E-state index contributed by atoms with van der Waals surface area (Å²) in [6.45, 7) is 0. The Bertz CT molecular complexity index is 761. The monoisotopic (exact) mass is 275 g/mol. The third-order valence-electron chi connectivity index (χ3n) is 3.06. The van der Waals surface area contributed by atoms with Crippen molar-refractivity contribution in [3.05, 3.63) is 42.2 Å². The van der Waals surface area contributed by atoms with Crippen molar-refractivity contribution in [2.75, 3.05) is 5.73 Å². The van der Waals surface area contributed by atoms with E-state index in [9.17, 15) is 8.78 Å². The van der Waals surface area contributed by atoms with E-state index in [4.69, 9.17) is 5.73 Å². The van der Waals surface area contributed by atoms with Gasteiger partial charge < -0.3 is 5.73 Å². The first kappa shape index (κ1) is 12.3. The molecule has 7 heteroatoms. The number of hydrogen-bond acceptors (Lipinski definition) is 3. The van der Waals surface area contributed by atoms with Gasteiger partial charge in [0.2, 0.25) is 0 Å². The number of halogens is 2. The van der Waals surface area contributed by atoms with Crippen LogP contribution in [0.2, 0.25) is 0 Å². The first-order valence-electron chi connectivity index (χ1n) is 5.85. The van der Waals surface area contributed by atoms with Crippen molar-refractivity contribution in [1.29, 1.82) is 0 Å². The van der Waals surface area contributed by atoms with Gasteiger partial charge in [-0.3, -0.25) is 9.78 Å². The zero-order chi connectivity index (χ0) is 14.3. The van der Waals surface area contributed by atoms with E-state index in [0.29, 0.717) is 22.6 Å². The molecule has 2 heterocycles. The third kappa shape index (κ3) is 1.83.